The van der Waals surface area contributed by atoms with Crippen molar-refractivity contribution in [1.82, 2.24) is 4.90 Å². The lowest BCUT2D eigenvalue weighted by molar-refractivity contribution is -0.0588. The zero-order valence-corrected chi connectivity index (χ0v) is 18.9. The Balaban J connectivity index is 1.40. The Morgan fingerprint density at radius 2 is 1.74 bits per heavy atom. The molecule has 0 aromatic heterocycles. The molecule has 2 aliphatic heterocycles. The summed E-state index contributed by atoms with van der Waals surface area (Å²) in [5.74, 6) is 2.09. The first kappa shape index (κ1) is 21.9. The summed E-state index contributed by atoms with van der Waals surface area (Å²) >= 11 is 0. The molecule has 2 N–H and O–H groups in total. The van der Waals surface area contributed by atoms with Crippen molar-refractivity contribution in [2.75, 3.05) is 33.9 Å². The average Bonchev–Trinajstić information content (AvgIpc) is 2.76. The van der Waals surface area contributed by atoms with Crippen LogP contribution in [0, 0.1) is 13.8 Å². The quantitative estimate of drug-likeness (QED) is 0.758. The number of β-amino-alcohol motifs (C(OH)–C–C–N with tert-alkyl or cyclic N) is 1. The van der Waals surface area contributed by atoms with Crippen LogP contribution in [0.25, 0.3) is 0 Å². The largest absolute Gasteiger partial charge is 0.493 e. The predicted molar refractivity (Wildman–Crippen MR) is 119 cm³/mol. The molecule has 0 saturated carbocycles. The van der Waals surface area contributed by atoms with Crippen molar-refractivity contribution in [2.45, 2.75) is 50.9 Å². The van der Waals surface area contributed by atoms with E-state index in [0.29, 0.717) is 24.5 Å². The van der Waals surface area contributed by atoms with Gasteiger partial charge >= 0.3 is 0 Å². The second-order valence-corrected chi connectivity index (χ2v) is 8.91. The van der Waals surface area contributed by atoms with Gasteiger partial charge in [-0.15, -0.1) is 0 Å². The molecule has 0 unspecified atom stereocenters. The van der Waals surface area contributed by atoms with Crippen LogP contribution in [0.5, 0.6) is 17.2 Å². The van der Waals surface area contributed by atoms with Crippen LogP contribution in [-0.4, -0.2) is 54.6 Å². The topological polar surface area (TPSA) is 71.4 Å². The average molecular weight is 428 g/mol. The minimum Gasteiger partial charge on any atom is -0.493 e. The molecule has 1 fully saturated rings. The zero-order chi connectivity index (χ0) is 22.2. The Morgan fingerprint density at radius 1 is 1.06 bits per heavy atom. The van der Waals surface area contributed by atoms with Crippen molar-refractivity contribution < 1.29 is 24.4 Å². The molecule has 2 aromatic rings. The number of hydrogen-bond acceptors (Lipinski definition) is 6. The lowest BCUT2D eigenvalue weighted by Gasteiger charge is -2.46. The maximum absolute atomic E-state index is 10.8. The van der Waals surface area contributed by atoms with Crippen molar-refractivity contribution in [3.63, 3.8) is 0 Å². The summed E-state index contributed by atoms with van der Waals surface area (Å²) in [6, 6.07) is 9.63. The molecule has 1 spiro atoms. The van der Waals surface area contributed by atoms with Crippen LogP contribution in [0.15, 0.2) is 30.3 Å². The van der Waals surface area contributed by atoms with E-state index in [4.69, 9.17) is 14.2 Å². The van der Waals surface area contributed by atoms with Gasteiger partial charge in [-0.25, -0.2) is 0 Å². The van der Waals surface area contributed by atoms with Crippen molar-refractivity contribution in [1.29, 1.82) is 0 Å². The molecule has 0 aliphatic carbocycles. The lowest BCUT2D eigenvalue weighted by atomic mass is 9.81. The zero-order valence-electron chi connectivity index (χ0n) is 18.9. The van der Waals surface area contributed by atoms with E-state index in [2.05, 4.69) is 30.9 Å². The highest BCUT2D eigenvalue weighted by atomic mass is 16.5. The summed E-state index contributed by atoms with van der Waals surface area (Å²) in [7, 11) is 3.19. The third-order valence-corrected chi connectivity index (χ3v) is 6.87. The highest BCUT2D eigenvalue weighted by Crippen LogP contribution is 2.45. The third-order valence-electron chi connectivity index (χ3n) is 6.87. The van der Waals surface area contributed by atoms with E-state index in [1.54, 1.807) is 14.2 Å². The van der Waals surface area contributed by atoms with Crippen molar-refractivity contribution in [3.05, 3.63) is 52.6 Å². The molecule has 4 rings (SSSR count). The highest BCUT2D eigenvalue weighted by molar-refractivity contribution is 5.45. The van der Waals surface area contributed by atoms with E-state index < -0.39 is 12.2 Å². The Bertz CT molecular complexity index is 936. The van der Waals surface area contributed by atoms with Crippen LogP contribution in [-0.2, 0) is 0 Å². The first-order valence-electron chi connectivity index (χ1n) is 10.9. The third kappa shape index (κ3) is 4.38. The van der Waals surface area contributed by atoms with Gasteiger partial charge in [0.2, 0.25) is 0 Å². The van der Waals surface area contributed by atoms with Gasteiger partial charge in [-0.2, -0.15) is 0 Å². The summed E-state index contributed by atoms with van der Waals surface area (Å²) in [6.45, 7) is 6.32. The molecule has 2 heterocycles. The van der Waals surface area contributed by atoms with E-state index in [9.17, 15) is 10.2 Å². The Morgan fingerprint density at radius 3 is 2.42 bits per heavy atom. The van der Waals surface area contributed by atoms with Crippen LogP contribution < -0.4 is 14.2 Å². The van der Waals surface area contributed by atoms with Crippen molar-refractivity contribution in [2.24, 2.45) is 0 Å². The fourth-order valence-electron chi connectivity index (χ4n) is 4.76. The number of methoxy groups -OCH3 is 2. The smallest absolute Gasteiger partial charge is 0.161 e. The molecule has 0 amide bonds. The van der Waals surface area contributed by atoms with Gasteiger partial charge in [0.1, 0.15) is 11.4 Å². The van der Waals surface area contributed by atoms with Gasteiger partial charge in [-0.1, -0.05) is 6.07 Å². The summed E-state index contributed by atoms with van der Waals surface area (Å²) in [5, 5.41) is 21.6. The SMILES string of the molecule is COc1ccc([C@H](O)CN2CCC3(CC2)C[C@@H](O)c2cc(C)c(C)cc2O3)cc1OC. The van der Waals surface area contributed by atoms with Gasteiger partial charge < -0.3 is 29.3 Å². The molecule has 6 nitrogen and oxygen atoms in total. The second kappa shape index (κ2) is 8.69. The van der Waals surface area contributed by atoms with Crippen LogP contribution in [0.4, 0.5) is 0 Å². The number of rotatable bonds is 5. The summed E-state index contributed by atoms with van der Waals surface area (Å²) in [4.78, 5) is 2.26. The van der Waals surface area contributed by atoms with E-state index in [1.807, 2.05) is 18.2 Å². The summed E-state index contributed by atoms with van der Waals surface area (Å²) in [6.07, 6.45) is 1.17. The Kier molecular flexibility index (Phi) is 6.15. The number of hydrogen-bond donors (Lipinski definition) is 2. The maximum atomic E-state index is 10.8. The first-order chi connectivity index (χ1) is 14.8. The normalized spacial score (nSPS) is 21.3. The number of fused-ring (bicyclic) bond motifs is 1. The Labute approximate surface area is 184 Å². The van der Waals surface area contributed by atoms with Crippen LogP contribution >= 0.6 is 0 Å². The molecule has 2 atom stereocenters. The number of aliphatic hydroxyl groups excluding tert-OH is 2. The minimum absolute atomic E-state index is 0.334. The number of benzene rings is 2. The maximum Gasteiger partial charge on any atom is 0.161 e. The fraction of sp³-hybridized carbons (Fsp3) is 0.520. The summed E-state index contributed by atoms with van der Waals surface area (Å²) in [5.41, 5.74) is 3.73. The molecule has 2 aromatic carbocycles. The van der Waals surface area contributed by atoms with E-state index >= 15 is 0 Å². The number of likely N-dealkylation sites (tertiary alicyclic amines) is 1. The standard InChI is InChI=1S/C25H33NO5/c1-16-11-19-20(27)14-25(31-23(19)12-17(16)2)7-9-26(10-8-25)15-21(28)18-5-6-22(29-3)24(13-18)30-4/h5-6,11-13,20-21,27-28H,7-10,14-15H2,1-4H3/t20-,21-/m1/s1. The van der Waals surface area contributed by atoms with Crippen molar-refractivity contribution >= 4 is 0 Å². The summed E-state index contributed by atoms with van der Waals surface area (Å²) < 4.78 is 17.1. The van der Waals surface area contributed by atoms with Gasteiger partial charge in [0.25, 0.3) is 0 Å². The molecule has 31 heavy (non-hydrogen) atoms. The Hall–Kier alpha value is -2.28. The van der Waals surface area contributed by atoms with Crippen molar-refractivity contribution in [3.8, 4) is 17.2 Å². The van der Waals surface area contributed by atoms with Crippen LogP contribution in [0.2, 0.25) is 0 Å². The fourth-order valence-corrected chi connectivity index (χ4v) is 4.76. The van der Waals surface area contributed by atoms with Crippen LogP contribution in [0.1, 0.15) is 53.7 Å². The monoisotopic (exact) mass is 427 g/mol. The highest BCUT2D eigenvalue weighted by Gasteiger charge is 2.43. The van der Waals surface area contributed by atoms with E-state index in [-0.39, 0.29) is 5.60 Å². The minimum atomic E-state index is -0.613. The first-order valence-corrected chi connectivity index (χ1v) is 10.9. The number of piperidine rings is 1. The van der Waals surface area contributed by atoms with Gasteiger partial charge in [0.05, 0.1) is 26.4 Å². The number of aryl methyl sites for hydroxylation is 2. The number of aliphatic hydroxyl groups is 2. The predicted octanol–water partition coefficient (Wildman–Crippen LogP) is 3.70. The van der Waals surface area contributed by atoms with Crippen LogP contribution in [0.3, 0.4) is 0 Å². The number of nitrogens with zero attached hydrogens (tertiary/aromatic N) is 1. The van der Waals surface area contributed by atoms with Gasteiger partial charge in [0.15, 0.2) is 11.5 Å². The molecule has 1 saturated heterocycles. The molecule has 168 valence electrons. The van der Waals surface area contributed by atoms with Gasteiger partial charge in [-0.3, -0.25) is 0 Å². The number of ether oxygens (including phenoxy) is 3. The molecular weight excluding hydrogens is 394 g/mol. The van der Waals surface area contributed by atoms with Gasteiger partial charge in [-0.05, 0) is 67.6 Å². The molecule has 0 bridgehead atoms. The molecule has 0 radical (unpaired) electrons. The molecule has 6 heteroatoms. The molecular formula is C25H33NO5. The van der Waals surface area contributed by atoms with E-state index in [0.717, 1.165) is 42.8 Å². The van der Waals surface area contributed by atoms with Gasteiger partial charge in [0, 0.05) is 31.6 Å². The van der Waals surface area contributed by atoms with E-state index in [1.165, 1.54) is 11.1 Å². The molecule has 2 aliphatic rings. The second-order valence-electron chi connectivity index (χ2n) is 8.91. The lowest BCUT2D eigenvalue weighted by Crippen LogP contribution is -2.51.